The van der Waals surface area contributed by atoms with Crippen LogP contribution in [-0.4, -0.2) is 10.2 Å². The lowest BCUT2D eigenvalue weighted by Gasteiger charge is -2.12. The highest BCUT2D eigenvalue weighted by molar-refractivity contribution is 7.15. The molecule has 0 spiro atoms. The van der Waals surface area contributed by atoms with Gasteiger partial charge in [0.25, 0.3) is 0 Å². The maximum absolute atomic E-state index is 5.72. The van der Waals surface area contributed by atoms with E-state index < -0.39 is 5.54 Å². The minimum atomic E-state index is -0.421. The molecule has 10 heavy (non-hydrogen) atoms. The van der Waals surface area contributed by atoms with Crippen LogP contribution in [0.4, 0.5) is 5.13 Å². The van der Waals surface area contributed by atoms with Crippen LogP contribution in [-0.2, 0) is 5.54 Å². The number of anilines is 1. The second kappa shape index (κ2) is 2.17. The Labute approximate surface area is 63.3 Å². The number of aromatic nitrogens is 2. The molecule has 56 valence electrons. The number of nitrogen functional groups attached to an aromatic ring is 1. The van der Waals surface area contributed by atoms with E-state index in [0.717, 1.165) is 5.01 Å². The summed E-state index contributed by atoms with van der Waals surface area (Å²) in [7, 11) is 0. The van der Waals surface area contributed by atoms with Crippen molar-refractivity contribution in [3.63, 3.8) is 0 Å². The molecule has 1 heterocycles. The lowest BCUT2D eigenvalue weighted by molar-refractivity contribution is 0.544. The van der Waals surface area contributed by atoms with Crippen molar-refractivity contribution in [3.8, 4) is 0 Å². The Morgan fingerprint density at radius 2 is 2.00 bits per heavy atom. The average molecular weight is 158 g/mol. The van der Waals surface area contributed by atoms with Crippen LogP contribution in [0, 0.1) is 0 Å². The zero-order valence-corrected chi connectivity index (χ0v) is 6.77. The molecule has 1 aromatic heterocycles. The molecule has 0 radical (unpaired) electrons. The monoisotopic (exact) mass is 158 g/mol. The third-order valence-electron chi connectivity index (χ3n) is 0.992. The van der Waals surface area contributed by atoms with Crippen molar-refractivity contribution in [2.75, 3.05) is 5.73 Å². The Kier molecular flexibility index (Phi) is 1.61. The van der Waals surface area contributed by atoms with Crippen LogP contribution >= 0.6 is 11.3 Å². The van der Waals surface area contributed by atoms with Crippen LogP contribution in [0.1, 0.15) is 18.9 Å². The standard InChI is InChI=1S/C5H10N4S/c1-5(2,7)3-8-9-4(6)10-3/h7H2,1-2H3,(H2,6,9). The fourth-order valence-corrected chi connectivity index (χ4v) is 1.12. The lowest BCUT2D eigenvalue weighted by Crippen LogP contribution is -2.28. The van der Waals surface area contributed by atoms with E-state index >= 15 is 0 Å². The fraction of sp³-hybridized carbons (Fsp3) is 0.600. The average Bonchev–Trinajstić information content (AvgIpc) is 2.11. The summed E-state index contributed by atoms with van der Waals surface area (Å²) < 4.78 is 0. The maximum atomic E-state index is 5.72. The van der Waals surface area contributed by atoms with Crippen LogP contribution < -0.4 is 11.5 Å². The highest BCUT2D eigenvalue weighted by Crippen LogP contribution is 2.21. The Morgan fingerprint density at radius 1 is 1.40 bits per heavy atom. The molecule has 0 amide bonds. The first-order valence-electron chi connectivity index (χ1n) is 2.88. The summed E-state index contributed by atoms with van der Waals surface area (Å²) in [5.74, 6) is 0. The van der Waals surface area contributed by atoms with Crippen molar-refractivity contribution in [3.05, 3.63) is 5.01 Å². The van der Waals surface area contributed by atoms with Gasteiger partial charge in [0, 0.05) is 0 Å². The van der Waals surface area contributed by atoms with E-state index in [4.69, 9.17) is 11.5 Å². The van der Waals surface area contributed by atoms with E-state index in [1.807, 2.05) is 13.8 Å². The summed E-state index contributed by atoms with van der Waals surface area (Å²) in [6.07, 6.45) is 0. The van der Waals surface area contributed by atoms with Crippen molar-refractivity contribution in [2.24, 2.45) is 5.73 Å². The van der Waals surface area contributed by atoms with Gasteiger partial charge in [-0.1, -0.05) is 11.3 Å². The summed E-state index contributed by atoms with van der Waals surface area (Å²) in [4.78, 5) is 0. The molecule has 5 heteroatoms. The number of nitrogens with two attached hydrogens (primary N) is 2. The van der Waals surface area contributed by atoms with Gasteiger partial charge >= 0.3 is 0 Å². The minimum Gasteiger partial charge on any atom is -0.374 e. The largest absolute Gasteiger partial charge is 0.374 e. The third-order valence-corrected chi connectivity index (χ3v) is 2.08. The van der Waals surface area contributed by atoms with Crippen LogP contribution in [0.2, 0.25) is 0 Å². The predicted molar refractivity (Wildman–Crippen MR) is 41.5 cm³/mol. The quantitative estimate of drug-likeness (QED) is 0.616. The number of hydrogen-bond acceptors (Lipinski definition) is 5. The van der Waals surface area contributed by atoms with Gasteiger partial charge in [0.1, 0.15) is 5.01 Å². The smallest absolute Gasteiger partial charge is 0.203 e. The SMILES string of the molecule is CC(C)(N)c1nnc(N)s1. The van der Waals surface area contributed by atoms with Crippen molar-refractivity contribution in [2.45, 2.75) is 19.4 Å². The molecule has 0 aromatic carbocycles. The molecule has 0 unspecified atom stereocenters. The van der Waals surface area contributed by atoms with E-state index in [-0.39, 0.29) is 0 Å². The summed E-state index contributed by atoms with van der Waals surface area (Å²) in [5, 5.41) is 8.69. The van der Waals surface area contributed by atoms with Crippen molar-refractivity contribution in [1.82, 2.24) is 10.2 Å². The fourth-order valence-electron chi connectivity index (χ4n) is 0.495. The number of rotatable bonds is 1. The zero-order chi connectivity index (χ0) is 7.78. The molecule has 0 atom stereocenters. The second-order valence-corrected chi connectivity index (χ2v) is 3.68. The van der Waals surface area contributed by atoms with Gasteiger partial charge < -0.3 is 11.5 Å². The van der Waals surface area contributed by atoms with Crippen LogP contribution in [0.15, 0.2) is 0 Å². The first-order valence-corrected chi connectivity index (χ1v) is 3.70. The number of nitrogens with zero attached hydrogens (tertiary/aromatic N) is 2. The Hall–Kier alpha value is -0.680. The Morgan fingerprint density at radius 3 is 2.20 bits per heavy atom. The van der Waals surface area contributed by atoms with Crippen LogP contribution in [0.3, 0.4) is 0 Å². The molecule has 4 nitrogen and oxygen atoms in total. The zero-order valence-electron chi connectivity index (χ0n) is 5.96. The molecule has 1 rings (SSSR count). The van der Waals surface area contributed by atoms with Gasteiger partial charge in [-0.15, -0.1) is 10.2 Å². The van der Waals surface area contributed by atoms with Gasteiger partial charge in [-0.2, -0.15) is 0 Å². The first-order chi connectivity index (χ1) is 4.50. The summed E-state index contributed by atoms with van der Waals surface area (Å²) in [6, 6.07) is 0. The van der Waals surface area contributed by atoms with Crippen molar-refractivity contribution < 1.29 is 0 Å². The Bertz CT molecular complexity index is 224. The first kappa shape index (κ1) is 7.43. The molecule has 0 bridgehead atoms. The maximum Gasteiger partial charge on any atom is 0.203 e. The summed E-state index contributed by atoms with van der Waals surface area (Å²) >= 11 is 1.33. The normalized spacial score (nSPS) is 11.9. The highest BCUT2D eigenvalue weighted by atomic mass is 32.1. The topological polar surface area (TPSA) is 77.8 Å². The minimum absolute atomic E-state index is 0.421. The molecular formula is C5H10N4S. The molecular weight excluding hydrogens is 148 g/mol. The molecule has 0 aliphatic carbocycles. The predicted octanol–water partition coefficient (Wildman–Crippen LogP) is 0.314. The highest BCUT2D eigenvalue weighted by Gasteiger charge is 2.18. The van der Waals surface area contributed by atoms with E-state index in [0.29, 0.717) is 5.13 Å². The molecule has 0 fully saturated rings. The van der Waals surface area contributed by atoms with Gasteiger partial charge in [0.05, 0.1) is 5.54 Å². The van der Waals surface area contributed by atoms with Gasteiger partial charge in [-0.3, -0.25) is 0 Å². The van der Waals surface area contributed by atoms with Crippen LogP contribution in [0.5, 0.6) is 0 Å². The van der Waals surface area contributed by atoms with Gasteiger partial charge in [-0.05, 0) is 13.8 Å². The molecule has 1 aromatic rings. The Balaban J connectivity index is 2.96. The molecule has 0 aliphatic heterocycles. The summed E-state index contributed by atoms with van der Waals surface area (Å²) in [5.41, 5.74) is 10.7. The van der Waals surface area contributed by atoms with Crippen LogP contribution in [0.25, 0.3) is 0 Å². The lowest BCUT2D eigenvalue weighted by atomic mass is 10.1. The van der Waals surface area contributed by atoms with Gasteiger partial charge in [0.15, 0.2) is 0 Å². The second-order valence-electron chi connectivity index (χ2n) is 2.67. The van der Waals surface area contributed by atoms with E-state index in [1.165, 1.54) is 11.3 Å². The van der Waals surface area contributed by atoms with Gasteiger partial charge in [0.2, 0.25) is 5.13 Å². The van der Waals surface area contributed by atoms with E-state index in [2.05, 4.69) is 10.2 Å². The van der Waals surface area contributed by atoms with Crippen molar-refractivity contribution >= 4 is 16.5 Å². The molecule has 0 saturated carbocycles. The summed E-state index contributed by atoms with van der Waals surface area (Å²) in [6.45, 7) is 3.74. The molecule has 0 aliphatic rings. The van der Waals surface area contributed by atoms with Crippen molar-refractivity contribution in [1.29, 1.82) is 0 Å². The van der Waals surface area contributed by atoms with Gasteiger partial charge in [-0.25, -0.2) is 0 Å². The van der Waals surface area contributed by atoms with E-state index in [9.17, 15) is 0 Å². The number of hydrogen-bond donors (Lipinski definition) is 2. The third kappa shape index (κ3) is 1.43. The molecule has 0 saturated heterocycles. The van der Waals surface area contributed by atoms with E-state index in [1.54, 1.807) is 0 Å². The molecule has 4 N–H and O–H groups in total.